The van der Waals surface area contributed by atoms with Crippen LogP contribution in [0.5, 0.6) is 5.75 Å². The van der Waals surface area contributed by atoms with Gasteiger partial charge in [-0.15, -0.1) is 0 Å². The van der Waals surface area contributed by atoms with Gasteiger partial charge in [-0.1, -0.05) is 26.0 Å². The monoisotopic (exact) mass is 273 g/mol. The van der Waals surface area contributed by atoms with E-state index in [2.05, 4.69) is 31.3 Å². The first-order valence-electron chi connectivity index (χ1n) is 7.17. The van der Waals surface area contributed by atoms with Gasteiger partial charge in [-0.25, -0.2) is 0 Å². The summed E-state index contributed by atoms with van der Waals surface area (Å²) in [6.07, 6.45) is 2.86. The first kappa shape index (κ1) is 14.7. The lowest BCUT2D eigenvalue weighted by atomic mass is 9.99. The molecule has 1 aromatic heterocycles. The van der Waals surface area contributed by atoms with E-state index in [1.165, 1.54) is 5.56 Å². The first-order chi connectivity index (χ1) is 9.74. The molecule has 0 saturated heterocycles. The van der Waals surface area contributed by atoms with Crippen molar-refractivity contribution in [2.45, 2.75) is 39.3 Å². The highest BCUT2D eigenvalue weighted by Crippen LogP contribution is 2.22. The zero-order valence-electron chi connectivity index (χ0n) is 12.5. The lowest BCUT2D eigenvalue weighted by Gasteiger charge is -2.11. The van der Waals surface area contributed by atoms with E-state index in [0.29, 0.717) is 12.5 Å². The molecule has 0 spiro atoms. The Morgan fingerprint density at radius 2 is 1.95 bits per heavy atom. The van der Waals surface area contributed by atoms with Gasteiger partial charge in [0.1, 0.15) is 18.1 Å². The predicted octanol–water partition coefficient (Wildman–Crippen LogP) is 4.09. The Labute approximate surface area is 121 Å². The third-order valence-electron chi connectivity index (χ3n) is 3.63. The van der Waals surface area contributed by atoms with E-state index in [1.807, 2.05) is 25.2 Å². The second-order valence-electron chi connectivity index (χ2n) is 5.07. The maximum Gasteiger partial charge on any atom is 0.124 e. The second-order valence-corrected chi connectivity index (χ2v) is 5.07. The second kappa shape index (κ2) is 7.15. The van der Waals surface area contributed by atoms with Crippen LogP contribution in [-0.2, 0) is 13.2 Å². The van der Waals surface area contributed by atoms with Crippen LogP contribution in [0.15, 0.2) is 41.0 Å². The molecule has 2 aromatic rings. The molecule has 0 aliphatic heterocycles. The molecule has 1 unspecified atom stereocenters. The third-order valence-corrected chi connectivity index (χ3v) is 3.63. The smallest absolute Gasteiger partial charge is 0.124 e. The van der Waals surface area contributed by atoms with Crippen LogP contribution >= 0.6 is 0 Å². The normalized spacial score (nSPS) is 12.3. The van der Waals surface area contributed by atoms with Gasteiger partial charge >= 0.3 is 0 Å². The fourth-order valence-electron chi connectivity index (χ4n) is 2.10. The zero-order valence-corrected chi connectivity index (χ0v) is 12.5. The zero-order chi connectivity index (χ0) is 14.4. The van der Waals surface area contributed by atoms with Crippen LogP contribution < -0.4 is 10.1 Å². The molecule has 1 heterocycles. The molecule has 20 heavy (non-hydrogen) atoms. The van der Waals surface area contributed by atoms with Crippen LogP contribution in [0.25, 0.3) is 0 Å². The highest BCUT2D eigenvalue weighted by Gasteiger charge is 2.07. The topological polar surface area (TPSA) is 34.4 Å². The summed E-state index contributed by atoms with van der Waals surface area (Å²) in [6.45, 7) is 5.71. The summed E-state index contributed by atoms with van der Waals surface area (Å²) in [7, 11) is 1.90. The minimum atomic E-state index is 0.538. The summed E-state index contributed by atoms with van der Waals surface area (Å²) in [5.74, 6) is 2.43. The molecule has 1 N–H and O–H groups in total. The van der Waals surface area contributed by atoms with E-state index in [1.54, 1.807) is 6.26 Å². The van der Waals surface area contributed by atoms with Crippen LogP contribution in [0.2, 0.25) is 0 Å². The highest BCUT2D eigenvalue weighted by molar-refractivity contribution is 5.29. The summed E-state index contributed by atoms with van der Waals surface area (Å²) >= 11 is 0. The Bertz CT molecular complexity index is 516. The fourth-order valence-corrected chi connectivity index (χ4v) is 2.10. The van der Waals surface area contributed by atoms with Crippen molar-refractivity contribution in [1.82, 2.24) is 5.32 Å². The Morgan fingerprint density at radius 3 is 2.60 bits per heavy atom. The van der Waals surface area contributed by atoms with Crippen molar-refractivity contribution in [2.24, 2.45) is 0 Å². The van der Waals surface area contributed by atoms with Gasteiger partial charge in [-0.3, -0.25) is 0 Å². The molecular weight excluding hydrogens is 250 g/mol. The lowest BCUT2D eigenvalue weighted by Crippen LogP contribution is -2.07. The number of nitrogens with one attached hydrogen (secondary N) is 1. The van der Waals surface area contributed by atoms with Gasteiger partial charge < -0.3 is 14.5 Å². The molecule has 0 bridgehead atoms. The molecule has 0 aliphatic carbocycles. The van der Waals surface area contributed by atoms with Gasteiger partial charge in [0.15, 0.2) is 0 Å². The average Bonchev–Trinajstić information content (AvgIpc) is 2.92. The van der Waals surface area contributed by atoms with Crippen molar-refractivity contribution in [2.75, 3.05) is 7.05 Å². The van der Waals surface area contributed by atoms with Gasteiger partial charge in [0.05, 0.1) is 12.8 Å². The molecular formula is C17H23NO2. The van der Waals surface area contributed by atoms with Gasteiger partial charge in [0.25, 0.3) is 0 Å². The van der Waals surface area contributed by atoms with Crippen molar-refractivity contribution in [1.29, 1.82) is 0 Å². The number of hydrogen-bond donors (Lipinski definition) is 1. The van der Waals surface area contributed by atoms with Crippen molar-refractivity contribution < 1.29 is 9.15 Å². The number of hydrogen-bond acceptors (Lipinski definition) is 3. The maximum atomic E-state index is 5.82. The molecule has 2 rings (SSSR count). The van der Waals surface area contributed by atoms with E-state index in [4.69, 9.17) is 9.15 Å². The van der Waals surface area contributed by atoms with Crippen LogP contribution in [0.1, 0.15) is 43.1 Å². The molecule has 1 atom stereocenters. The molecule has 0 saturated carbocycles. The molecule has 3 nitrogen and oxygen atoms in total. The molecule has 0 aliphatic rings. The van der Waals surface area contributed by atoms with Crippen LogP contribution in [0, 0.1) is 0 Å². The predicted molar refractivity (Wildman–Crippen MR) is 81.0 cm³/mol. The van der Waals surface area contributed by atoms with Gasteiger partial charge in [-0.05, 0) is 43.1 Å². The van der Waals surface area contributed by atoms with E-state index in [-0.39, 0.29) is 0 Å². The molecule has 0 fully saturated rings. The van der Waals surface area contributed by atoms with Crippen molar-refractivity contribution >= 4 is 0 Å². The summed E-state index contributed by atoms with van der Waals surface area (Å²) < 4.78 is 11.2. The fraction of sp³-hybridized carbons (Fsp3) is 0.412. The lowest BCUT2D eigenvalue weighted by molar-refractivity contribution is 0.301. The summed E-state index contributed by atoms with van der Waals surface area (Å²) in [6, 6.07) is 10.3. The Balaban J connectivity index is 1.95. The quantitative estimate of drug-likeness (QED) is 0.825. The highest BCUT2D eigenvalue weighted by atomic mass is 16.5. The minimum absolute atomic E-state index is 0.538. The molecule has 3 heteroatoms. The summed E-state index contributed by atoms with van der Waals surface area (Å²) in [5.41, 5.74) is 2.45. The van der Waals surface area contributed by atoms with Gasteiger partial charge in [0.2, 0.25) is 0 Å². The van der Waals surface area contributed by atoms with E-state index in [0.717, 1.165) is 30.0 Å². The summed E-state index contributed by atoms with van der Waals surface area (Å²) in [4.78, 5) is 0. The number of rotatable bonds is 7. The summed E-state index contributed by atoms with van der Waals surface area (Å²) in [5, 5.41) is 3.09. The largest absolute Gasteiger partial charge is 0.489 e. The van der Waals surface area contributed by atoms with Crippen LogP contribution in [0.3, 0.4) is 0 Å². The van der Waals surface area contributed by atoms with E-state index >= 15 is 0 Å². The maximum absolute atomic E-state index is 5.82. The van der Waals surface area contributed by atoms with E-state index < -0.39 is 0 Å². The standard InChI is InChI=1S/C17H23NO2/c1-4-13(2)14-5-7-16(8-6-14)20-12-15-9-10-19-17(15)11-18-3/h5-10,13,18H,4,11-12H2,1-3H3. The molecule has 0 amide bonds. The number of benzene rings is 1. The molecule has 0 radical (unpaired) electrons. The van der Waals surface area contributed by atoms with Crippen LogP contribution in [0.4, 0.5) is 0 Å². The SMILES string of the molecule is CCC(C)c1ccc(OCc2ccoc2CNC)cc1. The Kier molecular flexibility index (Phi) is 5.24. The van der Waals surface area contributed by atoms with Crippen molar-refractivity contribution in [3.05, 3.63) is 53.5 Å². The molecule has 108 valence electrons. The molecule has 1 aromatic carbocycles. The third kappa shape index (κ3) is 3.64. The number of ether oxygens (including phenoxy) is 1. The minimum Gasteiger partial charge on any atom is -0.489 e. The first-order valence-corrected chi connectivity index (χ1v) is 7.17. The van der Waals surface area contributed by atoms with Gasteiger partial charge in [0, 0.05) is 5.56 Å². The van der Waals surface area contributed by atoms with Crippen molar-refractivity contribution in [3.8, 4) is 5.75 Å². The number of furan rings is 1. The van der Waals surface area contributed by atoms with Crippen LogP contribution in [-0.4, -0.2) is 7.05 Å². The van der Waals surface area contributed by atoms with E-state index in [9.17, 15) is 0 Å². The Morgan fingerprint density at radius 1 is 1.20 bits per heavy atom. The van der Waals surface area contributed by atoms with Crippen molar-refractivity contribution in [3.63, 3.8) is 0 Å². The Hall–Kier alpha value is -1.74. The van der Waals surface area contributed by atoms with Gasteiger partial charge in [-0.2, -0.15) is 0 Å². The average molecular weight is 273 g/mol.